The molecular formula is C23H25FN2O3S. The number of Topliss-reactive ketones (excluding diaryl/α,β-unsaturated/α-hetero) is 1. The Morgan fingerprint density at radius 3 is 2.10 bits per heavy atom. The first kappa shape index (κ1) is 22.0. The zero-order chi connectivity index (χ0) is 21.7. The number of hydrogen-bond acceptors (Lipinski definition) is 4. The van der Waals surface area contributed by atoms with E-state index in [1.807, 2.05) is 24.3 Å². The first-order chi connectivity index (χ1) is 14.4. The number of rotatable bonds is 6. The average molecular weight is 429 g/mol. The van der Waals surface area contributed by atoms with Crippen LogP contribution >= 0.6 is 11.8 Å². The second kappa shape index (κ2) is 9.89. The van der Waals surface area contributed by atoms with E-state index < -0.39 is 5.82 Å². The molecule has 1 fully saturated rings. The van der Waals surface area contributed by atoms with Crippen molar-refractivity contribution in [2.45, 2.75) is 25.2 Å². The lowest BCUT2D eigenvalue weighted by atomic mass is 10.1. The molecule has 0 spiro atoms. The van der Waals surface area contributed by atoms with E-state index in [4.69, 9.17) is 0 Å². The number of carbonyl (C=O) groups is 3. The van der Waals surface area contributed by atoms with Crippen molar-refractivity contribution in [3.8, 4) is 0 Å². The van der Waals surface area contributed by atoms with E-state index in [-0.39, 0.29) is 23.4 Å². The molecule has 158 valence electrons. The molecule has 1 aliphatic rings. The number of ketones is 1. The van der Waals surface area contributed by atoms with Gasteiger partial charge in [-0.3, -0.25) is 14.4 Å². The molecule has 0 unspecified atom stereocenters. The fourth-order valence-electron chi connectivity index (χ4n) is 3.29. The molecule has 1 heterocycles. The molecule has 0 bridgehead atoms. The molecule has 30 heavy (non-hydrogen) atoms. The van der Waals surface area contributed by atoms with Crippen molar-refractivity contribution >= 4 is 29.4 Å². The Balaban J connectivity index is 1.50. The zero-order valence-corrected chi connectivity index (χ0v) is 18.0. The number of nitrogens with zero attached hydrogens (tertiary/aromatic N) is 2. The first-order valence-corrected chi connectivity index (χ1v) is 11.0. The molecule has 5 nitrogen and oxygen atoms in total. The molecule has 1 aliphatic heterocycles. The SMILES string of the molecule is CCc1ccc(C(=O)N2CCN(C(=O)CSc3ccc(C(C)=O)cc3F)CC2)cc1. The van der Waals surface area contributed by atoms with Crippen LogP contribution in [-0.2, 0) is 11.2 Å². The van der Waals surface area contributed by atoms with Crippen LogP contribution in [0.4, 0.5) is 4.39 Å². The topological polar surface area (TPSA) is 57.7 Å². The maximum Gasteiger partial charge on any atom is 0.253 e. The number of aryl methyl sites for hydroxylation is 1. The number of hydrogen-bond donors (Lipinski definition) is 0. The number of amides is 2. The van der Waals surface area contributed by atoms with Crippen LogP contribution in [0.25, 0.3) is 0 Å². The molecule has 0 aliphatic carbocycles. The van der Waals surface area contributed by atoms with Crippen LogP contribution in [0.2, 0.25) is 0 Å². The van der Waals surface area contributed by atoms with E-state index in [9.17, 15) is 18.8 Å². The van der Waals surface area contributed by atoms with Gasteiger partial charge < -0.3 is 9.80 Å². The molecule has 7 heteroatoms. The highest BCUT2D eigenvalue weighted by Gasteiger charge is 2.25. The minimum absolute atomic E-state index is 0.0215. The van der Waals surface area contributed by atoms with Gasteiger partial charge in [-0.2, -0.15) is 0 Å². The molecule has 2 aromatic carbocycles. The van der Waals surface area contributed by atoms with E-state index in [0.717, 1.165) is 18.2 Å². The molecule has 3 rings (SSSR count). The number of halogens is 1. The number of piperazine rings is 1. The van der Waals surface area contributed by atoms with Gasteiger partial charge in [-0.25, -0.2) is 4.39 Å². The summed E-state index contributed by atoms with van der Waals surface area (Å²) < 4.78 is 14.1. The summed E-state index contributed by atoms with van der Waals surface area (Å²) in [5, 5.41) is 0. The molecule has 2 aromatic rings. The fourth-order valence-corrected chi connectivity index (χ4v) is 4.11. The Morgan fingerprint density at radius 1 is 0.933 bits per heavy atom. The van der Waals surface area contributed by atoms with Crippen LogP contribution in [-0.4, -0.2) is 59.3 Å². The van der Waals surface area contributed by atoms with Gasteiger partial charge in [-0.05, 0) is 43.2 Å². The van der Waals surface area contributed by atoms with Crippen molar-refractivity contribution < 1.29 is 18.8 Å². The highest BCUT2D eigenvalue weighted by Crippen LogP contribution is 2.23. The van der Waals surface area contributed by atoms with Gasteiger partial charge in [0.15, 0.2) is 5.78 Å². The molecule has 1 saturated heterocycles. The van der Waals surface area contributed by atoms with Gasteiger partial charge in [0.05, 0.1) is 5.75 Å². The van der Waals surface area contributed by atoms with Crippen molar-refractivity contribution in [2.75, 3.05) is 31.9 Å². The van der Waals surface area contributed by atoms with Gasteiger partial charge in [-0.15, -0.1) is 11.8 Å². The van der Waals surface area contributed by atoms with Gasteiger partial charge in [0.1, 0.15) is 5.82 Å². The first-order valence-electron chi connectivity index (χ1n) is 9.98. The van der Waals surface area contributed by atoms with Crippen LogP contribution in [0.1, 0.15) is 40.1 Å². The maximum atomic E-state index is 14.1. The molecule has 0 atom stereocenters. The third-order valence-electron chi connectivity index (χ3n) is 5.22. The van der Waals surface area contributed by atoms with E-state index in [1.165, 1.54) is 24.6 Å². The Bertz CT molecular complexity index is 938. The largest absolute Gasteiger partial charge is 0.338 e. The van der Waals surface area contributed by atoms with Gasteiger partial charge >= 0.3 is 0 Å². The lowest BCUT2D eigenvalue weighted by Gasteiger charge is -2.34. The normalized spacial score (nSPS) is 14.0. The van der Waals surface area contributed by atoms with E-state index in [1.54, 1.807) is 15.9 Å². The smallest absolute Gasteiger partial charge is 0.253 e. The van der Waals surface area contributed by atoms with Crippen LogP contribution < -0.4 is 0 Å². The van der Waals surface area contributed by atoms with Crippen molar-refractivity contribution in [3.05, 3.63) is 65.0 Å². The van der Waals surface area contributed by atoms with E-state index >= 15 is 0 Å². The summed E-state index contributed by atoms with van der Waals surface area (Å²) in [5.74, 6) is -0.690. The third-order valence-corrected chi connectivity index (χ3v) is 6.25. The van der Waals surface area contributed by atoms with E-state index in [2.05, 4.69) is 6.92 Å². The fraction of sp³-hybridized carbons (Fsp3) is 0.348. The number of carbonyl (C=O) groups excluding carboxylic acids is 3. The summed E-state index contributed by atoms with van der Waals surface area (Å²) in [5.41, 5.74) is 2.16. The monoisotopic (exact) mass is 428 g/mol. The summed E-state index contributed by atoms with van der Waals surface area (Å²) in [6.07, 6.45) is 0.929. The Kier molecular flexibility index (Phi) is 7.26. The highest BCUT2D eigenvalue weighted by atomic mass is 32.2. The molecule has 0 saturated carbocycles. The van der Waals surface area contributed by atoms with Crippen molar-refractivity contribution in [3.63, 3.8) is 0 Å². The lowest BCUT2D eigenvalue weighted by Crippen LogP contribution is -2.51. The second-order valence-electron chi connectivity index (χ2n) is 7.21. The van der Waals surface area contributed by atoms with Crippen molar-refractivity contribution in [1.82, 2.24) is 9.80 Å². The predicted octanol–water partition coefficient (Wildman–Crippen LogP) is 3.67. The van der Waals surface area contributed by atoms with Crippen LogP contribution in [0.3, 0.4) is 0 Å². The molecule has 0 radical (unpaired) electrons. The Hall–Kier alpha value is -2.67. The summed E-state index contributed by atoms with van der Waals surface area (Å²) in [6.45, 7) is 5.34. The van der Waals surface area contributed by atoms with Crippen LogP contribution in [0.15, 0.2) is 47.4 Å². The quantitative estimate of drug-likeness (QED) is 0.520. The molecular weight excluding hydrogens is 403 g/mol. The summed E-state index contributed by atoms with van der Waals surface area (Å²) in [4.78, 5) is 40.3. The summed E-state index contributed by atoms with van der Waals surface area (Å²) in [7, 11) is 0. The molecule has 0 N–H and O–H groups in total. The minimum atomic E-state index is -0.495. The molecule has 0 aromatic heterocycles. The Morgan fingerprint density at radius 2 is 1.53 bits per heavy atom. The van der Waals surface area contributed by atoms with Crippen molar-refractivity contribution in [2.24, 2.45) is 0 Å². The summed E-state index contributed by atoms with van der Waals surface area (Å²) >= 11 is 1.12. The standard InChI is InChI=1S/C23H25FN2O3S/c1-3-17-4-6-18(7-5-17)23(29)26-12-10-25(11-13-26)22(28)15-30-21-9-8-19(16(2)27)14-20(21)24/h4-9,14H,3,10-13,15H2,1-2H3. The molecule has 2 amide bonds. The summed E-state index contributed by atoms with van der Waals surface area (Å²) in [6, 6.07) is 11.9. The van der Waals surface area contributed by atoms with Gasteiger partial charge in [0, 0.05) is 42.2 Å². The van der Waals surface area contributed by atoms with E-state index in [0.29, 0.717) is 42.2 Å². The maximum absolute atomic E-state index is 14.1. The number of benzene rings is 2. The third kappa shape index (κ3) is 5.27. The minimum Gasteiger partial charge on any atom is -0.338 e. The van der Waals surface area contributed by atoms with Gasteiger partial charge in [0.25, 0.3) is 5.91 Å². The number of thioether (sulfide) groups is 1. The predicted molar refractivity (Wildman–Crippen MR) is 115 cm³/mol. The zero-order valence-electron chi connectivity index (χ0n) is 17.2. The highest BCUT2D eigenvalue weighted by molar-refractivity contribution is 8.00. The Labute approximate surface area is 180 Å². The lowest BCUT2D eigenvalue weighted by molar-refractivity contribution is -0.129. The second-order valence-corrected chi connectivity index (χ2v) is 8.23. The van der Waals surface area contributed by atoms with Gasteiger partial charge in [-0.1, -0.05) is 25.1 Å². The van der Waals surface area contributed by atoms with Crippen LogP contribution in [0.5, 0.6) is 0 Å². The average Bonchev–Trinajstić information content (AvgIpc) is 2.77. The van der Waals surface area contributed by atoms with Gasteiger partial charge in [0.2, 0.25) is 5.91 Å². The van der Waals surface area contributed by atoms with Crippen molar-refractivity contribution in [1.29, 1.82) is 0 Å². The van der Waals surface area contributed by atoms with Crippen LogP contribution in [0, 0.1) is 5.82 Å².